The maximum absolute atomic E-state index is 13.1. The first-order chi connectivity index (χ1) is 9.72. The molecule has 0 spiro atoms. The highest BCUT2D eigenvalue weighted by atomic mass is 19.1. The number of aliphatic imine (C=N–C) groups is 1. The quantitative estimate of drug-likeness (QED) is 0.621. The molecule has 3 rings (SSSR count). The monoisotopic (exact) mass is 268 g/mol. The van der Waals surface area contributed by atoms with Crippen LogP contribution in [0.1, 0.15) is 11.1 Å². The average Bonchev–Trinajstić information content (AvgIpc) is 2.81. The smallest absolute Gasteiger partial charge is 0.363 e. The van der Waals surface area contributed by atoms with Crippen LogP contribution in [-0.2, 0) is 9.53 Å². The van der Waals surface area contributed by atoms with Gasteiger partial charge in [-0.15, -0.1) is 0 Å². The van der Waals surface area contributed by atoms with Gasteiger partial charge >= 0.3 is 5.97 Å². The number of carbonyl (C=O) groups is 1. The first kappa shape index (κ1) is 12.2. The highest BCUT2D eigenvalue weighted by Gasteiger charge is 2.24. The number of carbonyl (C=O) groups excluding carboxylic acids is 1. The van der Waals surface area contributed by atoms with Crippen LogP contribution in [0.15, 0.2) is 59.5 Å². The molecule has 2 aromatic rings. The Kier molecular flexibility index (Phi) is 3.09. The van der Waals surface area contributed by atoms with E-state index in [0.29, 0.717) is 5.56 Å². The molecule has 1 aromatic heterocycles. The van der Waals surface area contributed by atoms with Gasteiger partial charge in [0.25, 0.3) is 0 Å². The molecule has 4 nitrogen and oxygen atoms in total. The number of benzene rings is 1. The average molecular weight is 268 g/mol. The van der Waals surface area contributed by atoms with Gasteiger partial charge in [-0.2, -0.15) is 0 Å². The van der Waals surface area contributed by atoms with Crippen LogP contribution >= 0.6 is 0 Å². The van der Waals surface area contributed by atoms with E-state index in [9.17, 15) is 9.18 Å². The van der Waals surface area contributed by atoms with Gasteiger partial charge in [0.15, 0.2) is 5.70 Å². The molecule has 1 aromatic carbocycles. The van der Waals surface area contributed by atoms with E-state index in [4.69, 9.17) is 4.74 Å². The van der Waals surface area contributed by atoms with Crippen LogP contribution < -0.4 is 0 Å². The van der Waals surface area contributed by atoms with E-state index in [0.717, 1.165) is 5.56 Å². The van der Waals surface area contributed by atoms with Crippen molar-refractivity contribution in [3.63, 3.8) is 0 Å². The largest absolute Gasteiger partial charge is 0.402 e. The first-order valence-electron chi connectivity index (χ1n) is 5.91. The van der Waals surface area contributed by atoms with Crippen molar-refractivity contribution in [2.75, 3.05) is 0 Å². The minimum Gasteiger partial charge on any atom is -0.402 e. The second-order valence-corrected chi connectivity index (χ2v) is 4.13. The molecule has 0 N–H and O–H groups in total. The molecule has 0 amide bonds. The van der Waals surface area contributed by atoms with E-state index in [2.05, 4.69) is 9.98 Å². The van der Waals surface area contributed by atoms with Crippen LogP contribution in [0.3, 0.4) is 0 Å². The summed E-state index contributed by atoms with van der Waals surface area (Å²) < 4.78 is 18.2. The standard InChI is InChI=1S/C15H9FN2O2/c16-12-5-1-4-11(8-12)14-18-13(15(19)20-14)7-10-3-2-6-17-9-10/h1-9H/b13-7+. The molecule has 2 heterocycles. The van der Waals surface area contributed by atoms with Crippen LogP contribution in [0.2, 0.25) is 0 Å². The zero-order valence-electron chi connectivity index (χ0n) is 10.3. The van der Waals surface area contributed by atoms with E-state index in [1.165, 1.54) is 18.2 Å². The number of halogens is 1. The molecule has 0 unspecified atom stereocenters. The number of hydrogen-bond donors (Lipinski definition) is 0. The van der Waals surface area contributed by atoms with Crippen molar-refractivity contribution >= 4 is 17.9 Å². The lowest BCUT2D eigenvalue weighted by molar-refractivity contribution is -0.129. The summed E-state index contributed by atoms with van der Waals surface area (Å²) in [7, 11) is 0. The fraction of sp³-hybridized carbons (Fsp3) is 0. The van der Waals surface area contributed by atoms with Gasteiger partial charge in [0.05, 0.1) is 0 Å². The van der Waals surface area contributed by atoms with Gasteiger partial charge in [-0.05, 0) is 35.9 Å². The van der Waals surface area contributed by atoms with Gasteiger partial charge in [0.2, 0.25) is 5.90 Å². The van der Waals surface area contributed by atoms with Crippen molar-refractivity contribution in [3.05, 3.63) is 71.4 Å². The Labute approximate surface area is 114 Å². The van der Waals surface area contributed by atoms with E-state index < -0.39 is 11.8 Å². The number of rotatable bonds is 2. The van der Waals surface area contributed by atoms with Gasteiger partial charge in [-0.3, -0.25) is 4.98 Å². The number of esters is 1. The molecular formula is C15H9FN2O2. The van der Waals surface area contributed by atoms with E-state index >= 15 is 0 Å². The van der Waals surface area contributed by atoms with Crippen molar-refractivity contribution in [2.45, 2.75) is 0 Å². The summed E-state index contributed by atoms with van der Waals surface area (Å²) >= 11 is 0. The molecule has 0 radical (unpaired) electrons. The molecule has 0 aliphatic carbocycles. The van der Waals surface area contributed by atoms with Crippen molar-refractivity contribution < 1.29 is 13.9 Å². The highest BCUT2D eigenvalue weighted by Crippen LogP contribution is 2.19. The maximum atomic E-state index is 13.1. The third-order valence-corrected chi connectivity index (χ3v) is 2.68. The Morgan fingerprint density at radius 2 is 2.10 bits per heavy atom. The summed E-state index contributed by atoms with van der Waals surface area (Å²) in [5.41, 5.74) is 1.33. The Balaban J connectivity index is 1.95. The molecule has 0 atom stereocenters. The fourth-order valence-corrected chi connectivity index (χ4v) is 1.77. The zero-order valence-corrected chi connectivity index (χ0v) is 10.3. The summed E-state index contributed by atoms with van der Waals surface area (Å²) in [5, 5.41) is 0. The molecule has 0 saturated heterocycles. The predicted octanol–water partition coefficient (Wildman–Crippen LogP) is 2.57. The van der Waals surface area contributed by atoms with Crippen LogP contribution in [0, 0.1) is 5.82 Å². The minimum atomic E-state index is -0.562. The van der Waals surface area contributed by atoms with E-state index in [1.54, 1.807) is 36.7 Å². The van der Waals surface area contributed by atoms with Gasteiger partial charge in [-0.1, -0.05) is 12.1 Å². The Hall–Kier alpha value is -2.82. The number of pyridine rings is 1. The van der Waals surface area contributed by atoms with Gasteiger partial charge in [-0.25, -0.2) is 14.2 Å². The molecule has 0 fully saturated rings. The second-order valence-electron chi connectivity index (χ2n) is 4.13. The lowest BCUT2D eigenvalue weighted by atomic mass is 10.2. The summed E-state index contributed by atoms with van der Waals surface area (Å²) in [6.45, 7) is 0. The van der Waals surface area contributed by atoms with Crippen LogP contribution in [0.4, 0.5) is 4.39 Å². The minimum absolute atomic E-state index is 0.102. The van der Waals surface area contributed by atoms with Crippen LogP contribution in [0.25, 0.3) is 6.08 Å². The summed E-state index contributed by atoms with van der Waals surface area (Å²) in [5.74, 6) is -0.872. The third kappa shape index (κ3) is 2.47. The summed E-state index contributed by atoms with van der Waals surface area (Å²) in [4.78, 5) is 19.8. The molecule has 1 aliphatic heterocycles. The fourth-order valence-electron chi connectivity index (χ4n) is 1.77. The van der Waals surface area contributed by atoms with Crippen LogP contribution in [-0.4, -0.2) is 16.9 Å². The number of ether oxygens (including phenoxy) is 1. The van der Waals surface area contributed by atoms with E-state index in [1.807, 2.05) is 0 Å². The molecule has 0 bridgehead atoms. The first-order valence-corrected chi connectivity index (χ1v) is 5.91. The lowest BCUT2D eigenvalue weighted by Crippen LogP contribution is -2.05. The van der Waals surface area contributed by atoms with Crippen LogP contribution in [0.5, 0.6) is 0 Å². The number of aromatic nitrogens is 1. The third-order valence-electron chi connectivity index (χ3n) is 2.68. The SMILES string of the molecule is O=C1OC(c2cccc(F)c2)=N/C1=C/c1cccnc1. The maximum Gasteiger partial charge on any atom is 0.363 e. The van der Waals surface area contributed by atoms with Crippen molar-refractivity contribution in [2.24, 2.45) is 4.99 Å². The molecule has 98 valence electrons. The lowest BCUT2D eigenvalue weighted by Gasteiger charge is -1.98. The van der Waals surface area contributed by atoms with Gasteiger partial charge in [0.1, 0.15) is 5.82 Å². The van der Waals surface area contributed by atoms with Crippen molar-refractivity contribution in [1.82, 2.24) is 4.98 Å². The zero-order chi connectivity index (χ0) is 13.9. The summed E-state index contributed by atoms with van der Waals surface area (Å²) in [6, 6.07) is 9.28. The predicted molar refractivity (Wildman–Crippen MR) is 71.2 cm³/mol. The number of hydrogen-bond acceptors (Lipinski definition) is 4. The highest BCUT2D eigenvalue weighted by molar-refractivity contribution is 6.12. The molecule has 20 heavy (non-hydrogen) atoms. The number of cyclic esters (lactones) is 1. The topological polar surface area (TPSA) is 51.5 Å². The number of nitrogens with zero attached hydrogens (tertiary/aromatic N) is 2. The van der Waals surface area contributed by atoms with E-state index in [-0.39, 0.29) is 11.6 Å². The molecule has 5 heteroatoms. The van der Waals surface area contributed by atoms with Crippen molar-refractivity contribution in [3.8, 4) is 0 Å². The Bertz CT molecular complexity index is 724. The molecule has 0 saturated carbocycles. The van der Waals surface area contributed by atoms with Gasteiger partial charge < -0.3 is 4.74 Å². The van der Waals surface area contributed by atoms with Gasteiger partial charge in [0, 0.05) is 18.0 Å². The normalized spacial score (nSPS) is 16.1. The Morgan fingerprint density at radius 3 is 2.85 bits per heavy atom. The second kappa shape index (κ2) is 5.05. The van der Waals surface area contributed by atoms with Crippen molar-refractivity contribution in [1.29, 1.82) is 0 Å². The molecular weight excluding hydrogens is 259 g/mol. The molecule has 1 aliphatic rings. The Morgan fingerprint density at radius 1 is 1.20 bits per heavy atom. The summed E-state index contributed by atoms with van der Waals surface area (Å²) in [6.07, 6.45) is 4.81.